The van der Waals surface area contributed by atoms with Crippen molar-refractivity contribution in [1.82, 2.24) is 15.1 Å². The number of rotatable bonds is 4. The van der Waals surface area contributed by atoms with E-state index in [1.54, 1.807) is 0 Å². The fraction of sp³-hybridized carbons (Fsp3) is 0.160. The predicted octanol–water partition coefficient (Wildman–Crippen LogP) is 6.55. The van der Waals surface area contributed by atoms with Crippen LogP contribution >= 0.6 is 11.6 Å². The van der Waals surface area contributed by atoms with Crippen LogP contribution in [0.15, 0.2) is 42.5 Å². The summed E-state index contributed by atoms with van der Waals surface area (Å²) in [5.41, 5.74) is -3.42. The van der Waals surface area contributed by atoms with Crippen molar-refractivity contribution in [3.63, 3.8) is 0 Å². The van der Waals surface area contributed by atoms with Gasteiger partial charge in [0.15, 0.2) is 0 Å². The molecule has 0 spiro atoms. The molecule has 0 bridgehead atoms. The molecule has 4 aromatic rings. The second kappa shape index (κ2) is 9.26. The van der Waals surface area contributed by atoms with Crippen LogP contribution in [0, 0.1) is 11.6 Å². The van der Waals surface area contributed by atoms with Crippen molar-refractivity contribution in [3.8, 4) is 0 Å². The summed E-state index contributed by atoms with van der Waals surface area (Å²) in [6, 6.07) is 4.34. The van der Waals surface area contributed by atoms with Gasteiger partial charge < -0.3 is 10.6 Å². The minimum Gasteiger partial charge on any atom is -0.341 e. The zero-order valence-electron chi connectivity index (χ0n) is 19.4. The second-order valence-corrected chi connectivity index (χ2v) is 9.08. The van der Waals surface area contributed by atoms with Gasteiger partial charge in [-0.1, -0.05) is 11.6 Å². The number of nitrogens with zero attached hydrogens (tertiary/aromatic N) is 2. The molecule has 1 aliphatic rings. The van der Waals surface area contributed by atoms with E-state index in [2.05, 4.69) is 15.7 Å². The first-order chi connectivity index (χ1) is 18.3. The minimum absolute atomic E-state index is 0.0150. The summed E-state index contributed by atoms with van der Waals surface area (Å²) in [5, 5.41) is 8.69. The van der Waals surface area contributed by atoms with Crippen LogP contribution in [-0.2, 0) is 13.2 Å². The Labute approximate surface area is 219 Å². The molecule has 202 valence electrons. The third kappa shape index (κ3) is 4.56. The quantitative estimate of drug-likeness (QED) is 0.273. The van der Waals surface area contributed by atoms with Crippen LogP contribution < -0.4 is 10.6 Å². The Kier molecular flexibility index (Phi) is 6.29. The van der Waals surface area contributed by atoms with Crippen molar-refractivity contribution in [1.29, 1.82) is 0 Å². The molecule has 0 saturated carbocycles. The maximum atomic E-state index is 14.1. The molecular weight excluding hydrogens is 557 g/mol. The molecule has 1 unspecified atom stereocenters. The molecule has 14 heteroatoms. The number of carbonyl (C=O) groups excluding carboxylic acids is 2. The average molecular weight is 571 g/mol. The van der Waals surface area contributed by atoms with Gasteiger partial charge in [-0.25, -0.2) is 17.6 Å². The smallest absolute Gasteiger partial charge is 0.341 e. The van der Waals surface area contributed by atoms with Crippen LogP contribution in [0.4, 0.5) is 36.4 Å². The van der Waals surface area contributed by atoms with Gasteiger partial charge in [-0.15, -0.1) is 0 Å². The monoisotopic (exact) mass is 570 g/mol. The predicted molar refractivity (Wildman–Crippen MR) is 126 cm³/mol. The average Bonchev–Trinajstić information content (AvgIpc) is 3.36. The molecule has 2 N–H and O–H groups in total. The summed E-state index contributed by atoms with van der Waals surface area (Å²) in [6.45, 7) is 0. The first-order valence-electron chi connectivity index (χ1n) is 11.0. The summed E-state index contributed by atoms with van der Waals surface area (Å²) < 4.78 is 96.3. The van der Waals surface area contributed by atoms with Crippen LogP contribution in [-0.4, -0.2) is 21.6 Å². The normalized spacial score (nSPS) is 15.1. The number of fused-ring (bicyclic) bond motifs is 3. The number of benzene rings is 3. The van der Waals surface area contributed by atoms with Gasteiger partial charge >= 0.3 is 6.18 Å². The molecule has 1 atom stereocenters. The lowest BCUT2D eigenvalue weighted by Gasteiger charge is -2.18. The summed E-state index contributed by atoms with van der Waals surface area (Å²) in [5.74, 6) is -4.10. The lowest BCUT2D eigenvalue weighted by Crippen LogP contribution is -2.21. The Morgan fingerprint density at radius 1 is 1.10 bits per heavy atom. The third-order valence-electron chi connectivity index (χ3n) is 6.22. The van der Waals surface area contributed by atoms with Crippen molar-refractivity contribution in [3.05, 3.63) is 92.6 Å². The number of carbonyl (C=O) groups is 2. The molecule has 1 aliphatic heterocycles. The van der Waals surface area contributed by atoms with E-state index < -0.39 is 58.9 Å². The van der Waals surface area contributed by atoms with Crippen LogP contribution in [0.25, 0.3) is 10.9 Å². The van der Waals surface area contributed by atoms with Crippen LogP contribution in [0.1, 0.15) is 55.6 Å². The van der Waals surface area contributed by atoms with Crippen molar-refractivity contribution < 1.29 is 40.3 Å². The Morgan fingerprint density at radius 3 is 2.49 bits per heavy atom. The molecule has 5 rings (SSSR count). The highest BCUT2D eigenvalue weighted by Crippen LogP contribution is 2.44. The van der Waals surface area contributed by atoms with Crippen LogP contribution in [0.3, 0.4) is 0 Å². The van der Waals surface area contributed by atoms with Crippen LogP contribution in [0.2, 0.25) is 5.02 Å². The van der Waals surface area contributed by atoms with Gasteiger partial charge in [-0.05, 0) is 42.5 Å². The molecule has 0 saturated heterocycles. The summed E-state index contributed by atoms with van der Waals surface area (Å²) in [4.78, 5) is 26.1. The Morgan fingerprint density at radius 2 is 1.82 bits per heavy atom. The van der Waals surface area contributed by atoms with Gasteiger partial charge in [-0.2, -0.15) is 18.3 Å². The van der Waals surface area contributed by atoms with E-state index in [4.69, 9.17) is 11.6 Å². The standard InChI is InChI=1S/C25H14ClF7N4O2/c1-37-21(22(29)30)14-8-16(34-23(38)9-4-10(25(31,32)33)6-12(28)5-9)17-18(20(14)36-37)24(39)35-19(17)13-7-11(27)2-3-15(13)26/h2-8,19,22H,1H3,(H,34,38)(H,35,39). The number of hydrogen-bond donors (Lipinski definition) is 2. The van der Waals surface area contributed by atoms with Gasteiger partial charge in [0, 0.05) is 39.8 Å². The van der Waals surface area contributed by atoms with Crippen molar-refractivity contribution in [2.45, 2.75) is 18.6 Å². The number of amides is 2. The third-order valence-corrected chi connectivity index (χ3v) is 6.56. The highest BCUT2D eigenvalue weighted by molar-refractivity contribution is 6.31. The summed E-state index contributed by atoms with van der Waals surface area (Å²) in [7, 11) is 1.21. The molecule has 39 heavy (non-hydrogen) atoms. The molecule has 1 aromatic heterocycles. The first-order valence-corrected chi connectivity index (χ1v) is 11.4. The summed E-state index contributed by atoms with van der Waals surface area (Å²) in [6.07, 6.45) is -8.02. The number of aromatic nitrogens is 2. The Bertz CT molecular complexity index is 1680. The van der Waals surface area contributed by atoms with Crippen molar-refractivity contribution >= 4 is 40.0 Å². The lowest BCUT2D eigenvalue weighted by atomic mass is 9.94. The molecule has 2 heterocycles. The van der Waals surface area contributed by atoms with E-state index in [9.17, 15) is 40.3 Å². The van der Waals surface area contributed by atoms with E-state index in [-0.39, 0.29) is 44.4 Å². The highest BCUT2D eigenvalue weighted by atomic mass is 35.5. The number of aryl methyl sites for hydroxylation is 1. The Balaban J connectivity index is 1.73. The fourth-order valence-corrected chi connectivity index (χ4v) is 4.81. The molecule has 2 amide bonds. The molecule has 0 fully saturated rings. The second-order valence-electron chi connectivity index (χ2n) is 8.67. The SMILES string of the molecule is Cn1nc2c3c(c(NC(=O)c4cc(F)cc(C(F)(F)F)c4)cc2c1C(F)F)C(c1cc(F)ccc1Cl)NC3=O. The van der Waals surface area contributed by atoms with Crippen molar-refractivity contribution in [2.24, 2.45) is 7.05 Å². The number of alkyl halides is 5. The van der Waals surface area contributed by atoms with Gasteiger partial charge in [0.1, 0.15) is 22.8 Å². The number of halogens is 8. The molecule has 0 aliphatic carbocycles. The minimum atomic E-state index is -4.96. The molecular formula is C25H14ClF7N4O2. The van der Waals surface area contributed by atoms with E-state index in [0.717, 1.165) is 22.9 Å². The van der Waals surface area contributed by atoms with E-state index in [1.807, 2.05) is 0 Å². The summed E-state index contributed by atoms with van der Waals surface area (Å²) >= 11 is 6.24. The zero-order valence-corrected chi connectivity index (χ0v) is 20.2. The van der Waals surface area contributed by atoms with E-state index in [1.165, 1.54) is 13.1 Å². The van der Waals surface area contributed by atoms with Gasteiger partial charge in [0.25, 0.3) is 18.2 Å². The van der Waals surface area contributed by atoms with E-state index >= 15 is 0 Å². The maximum Gasteiger partial charge on any atom is 0.416 e. The van der Waals surface area contributed by atoms with Gasteiger partial charge in [0.05, 0.1) is 17.2 Å². The maximum absolute atomic E-state index is 14.1. The van der Waals surface area contributed by atoms with Crippen LogP contribution in [0.5, 0.6) is 0 Å². The number of anilines is 1. The highest BCUT2D eigenvalue weighted by Gasteiger charge is 2.38. The largest absolute Gasteiger partial charge is 0.416 e. The lowest BCUT2D eigenvalue weighted by molar-refractivity contribution is -0.137. The molecule has 6 nitrogen and oxygen atoms in total. The van der Waals surface area contributed by atoms with Gasteiger partial charge in [-0.3, -0.25) is 14.3 Å². The van der Waals surface area contributed by atoms with Gasteiger partial charge in [0.2, 0.25) is 0 Å². The fourth-order valence-electron chi connectivity index (χ4n) is 4.58. The zero-order chi connectivity index (χ0) is 28.4. The Hall–Kier alpha value is -4.13. The number of hydrogen-bond acceptors (Lipinski definition) is 3. The topological polar surface area (TPSA) is 76.0 Å². The van der Waals surface area contributed by atoms with Crippen molar-refractivity contribution in [2.75, 3.05) is 5.32 Å². The molecule has 0 radical (unpaired) electrons. The van der Waals surface area contributed by atoms with E-state index in [0.29, 0.717) is 12.1 Å². The number of nitrogens with one attached hydrogen (secondary N) is 2. The molecule has 3 aromatic carbocycles. The first kappa shape index (κ1) is 26.5.